The summed E-state index contributed by atoms with van der Waals surface area (Å²) in [5.41, 5.74) is 6.32. The van der Waals surface area contributed by atoms with E-state index in [-0.39, 0.29) is 0 Å². The summed E-state index contributed by atoms with van der Waals surface area (Å²) in [7, 11) is 0. The monoisotopic (exact) mass is 216 g/mol. The highest BCUT2D eigenvalue weighted by atomic mass is 15.0. The van der Waals surface area contributed by atoms with Gasteiger partial charge in [0.15, 0.2) is 5.69 Å². The molecule has 0 amide bonds. The molecule has 1 aromatic rings. The molecule has 0 unspecified atom stereocenters. The second-order valence-corrected chi connectivity index (χ2v) is 4.26. The lowest BCUT2D eigenvalue weighted by atomic mass is 10.2. The number of anilines is 2. The maximum Gasteiger partial charge on any atom is 0.165 e. The van der Waals surface area contributed by atoms with Crippen molar-refractivity contribution in [3.8, 4) is 6.07 Å². The Morgan fingerprint density at radius 1 is 1.50 bits per heavy atom. The Labute approximate surface area is 95.5 Å². The first-order chi connectivity index (χ1) is 7.79. The predicted octanol–water partition coefficient (Wildman–Crippen LogP) is 2.14. The highest BCUT2D eigenvalue weighted by molar-refractivity contribution is 5.54. The van der Waals surface area contributed by atoms with Crippen LogP contribution in [-0.4, -0.2) is 11.5 Å². The van der Waals surface area contributed by atoms with Gasteiger partial charge in [0.25, 0.3) is 0 Å². The average Bonchev–Trinajstić information content (AvgIpc) is 3.10. The van der Waals surface area contributed by atoms with E-state index in [4.69, 9.17) is 11.0 Å². The Kier molecular flexibility index (Phi) is 3.25. The molecular weight excluding hydrogens is 200 g/mol. The van der Waals surface area contributed by atoms with Crippen LogP contribution in [-0.2, 0) is 0 Å². The number of nitriles is 1. The van der Waals surface area contributed by atoms with Gasteiger partial charge in [0.2, 0.25) is 0 Å². The minimum atomic E-state index is 0.298. The van der Waals surface area contributed by atoms with Crippen LogP contribution < -0.4 is 11.1 Å². The zero-order chi connectivity index (χ0) is 11.4. The molecule has 0 spiro atoms. The Bertz CT molecular complexity index is 404. The molecule has 3 N–H and O–H groups in total. The summed E-state index contributed by atoms with van der Waals surface area (Å²) in [4.78, 5) is 4.13. The van der Waals surface area contributed by atoms with E-state index in [1.807, 2.05) is 12.1 Å². The SMILES string of the molecule is N#Cc1nc(NCCCC2CC2)ccc1N. The van der Waals surface area contributed by atoms with Gasteiger partial charge in [-0.15, -0.1) is 0 Å². The zero-order valence-electron chi connectivity index (χ0n) is 9.24. The molecule has 2 rings (SSSR count). The number of aromatic nitrogens is 1. The quantitative estimate of drug-likeness (QED) is 0.739. The number of nitrogens with two attached hydrogens (primary N) is 1. The first kappa shape index (κ1) is 10.7. The molecule has 1 saturated carbocycles. The molecule has 1 aliphatic carbocycles. The Balaban J connectivity index is 1.81. The van der Waals surface area contributed by atoms with Crippen LogP contribution in [0.4, 0.5) is 11.5 Å². The molecular formula is C12H16N4. The molecule has 0 atom stereocenters. The van der Waals surface area contributed by atoms with E-state index in [0.29, 0.717) is 11.4 Å². The lowest BCUT2D eigenvalue weighted by Gasteiger charge is -2.06. The Morgan fingerprint density at radius 3 is 3.00 bits per heavy atom. The van der Waals surface area contributed by atoms with Gasteiger partial charge in [0.05, 0.1) is 5.69 Å². The van der Waals surface area contributed by atoms with Crippen molar-refractivity contribution in [2.45, 2.75) is 25.7 Å². The van der Waals surface area contributed by atoms with E-state index in [0.717, 1.165) is 18.3 Å². The lowest BCUT2D eigenvalue weighted by molar-refractivity contribution is 0.686. The summed E-state index contributed by atoms with van der Waals surface area (Å²) in [5, 5.41) is 12.0. The van der Waals surface area contributed by atoms with Gasteiger partial charge < -0.3 is 11.1 Å². The fourth-order valence-electron chi connectivity index (χ4n) is 1.67. The van der Waals surface area contributed by atoms with Crippen LogP contribution in [0.15, 0.2) is 12.1 Å². The molecule has 1 fully saturated rings. The topological polar surface area (TPSA) is 74.7 Å². The highest BCUT2D eigenvalue weighted by Crippen LogP contribution is 2.33. The van der Waals surface area contributed by atoms with Gasteiger partial charge in [-0.2, -0.15) is 5.26 Å². The van der Waals surface area contributed by atoms with Gasteiger partial charge in [0.1, 0.15) is 11.9 Å². The number of nitrogens with one attached hydrogen (secondary N) is 1. The lowest BCUT2D eigenvalue weighted by Crippen LogP contribution is -2.05. The van der Waals surface area contributed by atoms with Crippen molar-refractivity contribution in [1.82, 2.24) is 4.98 Å². The van der Waals surface area contributed by atoms with Gasteiger partial charge >= 0.3 is 0 Å². The third-order valence-electron chi connectivity index (χ3n) is 2.82. The van der Waals surface area contributed by atoms with Crippen molar-refractivity contribution in [3.63, 3.8) is 0 Å². The fourth-order valence-corrected chi connectivity index (χ4v) is 1.67. The van der Waals surface area contributed by atoms with Crippen LogP contribution in [0.5, 0.6) is 0 Å². The fraction of sp³-hybridized carbons (Fsp3) is 0.500. The predicted molar refractivity (Wildman–Crippen MR) is 63.8 cm³/mol. The van der Waals surface area contributed by atoms with Crippen molar-refractivity contribution >= 4 is 11.5 Å². The van der Waals surface area contributed by atoms with Crippen molar-refractivity contribution in [2.24, 2.45) is 5.92 Å². The van der Waals surface area contributed by atoms with E-state index in [1.54, 1.807) is 6.07 Å². The van der Waals surface area contributed by atoms with Gasteiger partial charge in [-0.05, 0) is 30.9 Å². The zero-order valence-corrected chi connectivity index (χ0v) is 9.24. The van der Waals surface area contributed by atoms with Crippen LogP contribution in [0, 0.1) is 17.2 Å². The molecule has 0 saturated heterocycles. The molecule has 1 heterocycles. The molecule has 16 heavy (non-hydrogen) atoms. The number of nitrogen functional groups attached to an aromatic ring is 1. The van der Waals surface area contributed by atoms with E-state index < -0.39 is 0 Å². The second kappa shape index (κ2) is 4.84. The summed E-state index contributed by atoms with van der Waals surface area (Å²) >= 11 is 0. The maximum absolute atomic E-state index is 8.78. The third kappa shape index (κ3) is 2.86. The molecule has 0 bridgehead atoms. The van der Waals surface area contributed by atoms with Gasteiger partial charge in [-0.25, -0.2) is 4.98 Å². The smallest absolute Gasteiger partial charge is 0.165 e. The molecule has 1 aromatic heterocycles. The molecule has 1 aliphatic rings. The van der Waals surface area contributed by atoms with Crippen molar-refractivity contribution in [2.75, 3.05) is 17.6 Å². The number of pyridine rings is 1. The molecule has 84 valence electrons. The van der Waals surface area contributed by atoms with Crippen molar-refractivity contribution < 1.29 is 0 Å². The van der Waals surface area contributed by atoms with Crippen LogP contribution >= 0.6 is 0 Å². The van der Waals surface area contributed by atoms with E-state index in [1.165, 1.54) is 25.7 Å². The van der Waals surface area contributed by atoms with Crippen LogP contribution in [0.25, 0.3) is 0 Å². The molecule has 0 aliphatic heterocycles. The number of hydrogen-bond donors (Lipinski definition) is 2. The van der Waals surface area contributed by atoms with E-state index >= 15 is 0 Å². The van der Waals surface area contributed by atoms with Gasteiger partial charge in [-0.1, -0.05) is 12.8 Å². The third-order valence-corrected chi connectivity index (χ3v) is 2.82. The van der Waals surface area contributed by atoms with Gasteiger partial charge in [-0.3, -0.25) is 0 Å². The standard InChI is InChI=1S/C12H16N4/c13-8-11-10(14)5-6-12(16-11)15-7-1-2-9-3-4-9/h5-6,9H,1-4,7,14H2,(H,15,16). The van der Waals surface area contributed by atoms with Crippen LogP contribution in [0.3, 0.4) is 0 Å². The Morgan fingerprint density at radius 2 is 2.31 bits per heavy atom. The second-order valence-electron chi connectivity index (χ2n) is 4.26. The van der Waals surface area contributed by atoms with E-state index in [9.17, 15) is 0 Å². The normalized spacial score (nSPS) is 14.4. The molecule has 0 radical (unpaired) electrons. The summed E-state index contributed by atoms with van der Waals surface area (Å²) in [6.07, 6.45) is 5.27. The summed E-state index contributed by atoms with van der Waals surface area (Å²) in [6, 6.07) is 5.51. The average molecular weight is 216 g/mol. The van der Waals surface area contributed by atoms with Crippen LogP contribution in [0.1, 0.15) is 31.4 Å². The van der Waals surface area contributed by atoms with E-state index in [2.05, 4.69) is 10.3 Å². The van der Waals surface area contributed by atoms with Gasteiger partial charge in [0, 0.05) is 6.54 Å². The summed E-state index contributed by atoms with van der Waals surface area (Å²) < 4.78 is 0. The summed E-state index contributed by atoms with van der Waals surface area (Å²) in [6.45, 7) is 0.915. The largest absolute Gasteiger partial charge is 0.396 e. The van der Waals surface area contributed by atoms with Crippen molar-refractivity contribution in [1.29, 1.82) is 5.26 Å². The number of hydrogen-bond acceptors (Lipinski definition) is 4. The minimum Gasteiger partial charge on any atom is -0.396 e. The minimum absolute atomic E-state index is 0.298. The first-order valence-corrected chi connectivity index (χ1v) is 5.70. The molecule has 4 heteroatoms. The summed E-state index contributed by atoms with van der Waals surface area (Å²) in [5.74, 6) is 1.71. The number of rotatable bonds is 5. The molecule has 0 aromatic carbocycles. The highest BCUT2D eigenvalue weighted by Gasteiger charge is 2.19. The Hall–Kier alpha value is -1.76. The van der Waals surface area contributed by atoms with Crippen molar-refractivity contribution in [3.05, 3.63) is 17.8 Å². The van der Waals surface area contributed by atoms with Crippen LogP contribution in [0.2, 0.25) is 0 Å². The maximum atomic E-state index is 8.78. The first-order valence-electron chi connectivity index (χ1n) is 5.70. The molecule has 4 nitrogen and oxygen atoms in total. The number of nitrogens with zero attached hydrogens (tertiary/aromatic N) is 2.